The lowest BCUT2D eigenvalue weighted by Gasteiger charge is -2.20. The third-order valence-corrected chi connectivity index (χ3v) is 3.74. The minimum absolute atomic E-state index is 0.504. The summed E-state index contributed by atoms with van der Waals surface area (Å²) in [5.74, 6) is 1.31. The van der Waals surface area contributed by atoms with Gasteiger partial charge in [0.15, 0.2) is 0 Å². The fourth-order valence-electron chi connectivity index (χ4n) is 2.89. The van der Waals surface area contributed by atoms with Crippen molar-refractivity contribution in [2.45, 2.75) is 32.7 Å². The SMILES string of the molecule is CNC1c2ccccc2CC1CCOCC(C)C. The molecule has 1 aliphatic rings. The van der Waals surface area contributed by atoms with Gasteiger partial charge in [0.05, 0.1) is 0 Å². The molecule has 1 aliphatic carbocycles. The number of hydrogen-bond acceptors (Lipinski definition) is 2. The van der Waals surface area contributed by atoms with Gasteiger partial charge in [0.25, 0.3) is 0 Å². The molecule has 0 saturated carbocycles. The van der Waals surface area contributed by atoms with Crippen molar-refractivity contribution < 1.29 is 4.74 Å². The van der Waals surface area contributed by atoms with E-state index in [0.29, 0.717) is 17.9 Å². The Hall–Kier alpha value is -0.860. The molecule has 2 atom stereocenters. The molecule has 0 amide bonds. The summed E-state index contributed by atoms with van der Waals surface area (Å²) in [4.78, 5) is 0. The van der Waals surface area contributed by atoms with Crippen LogP contribution in [0.25, 0.3) is 0 Å². The number of ether oxygens (including phenoxy) is 1. The molecule has 1 aromatic rings. The van der Waals surface area contributed by atoms with Crippen molar-refractivity contribution >= 4 is 0 Å². The molecule has 0 aliphatic heterocycles. The molecule has 2 unspecified atom stereocenters. The number of hydrogen-bond donors (Lipinski definition) is 1. The van der Waals surface area contributed by atoms with E-state index in [1.54, 1.807) is 0 Å². The maximum absolute atomic E-state index is 5.72. The normalized spacial score (nSPS) is 22.4. The molecule has 2 heteroatoms. The average molecular weight is 247 g/mol. The van der Waals surface area contributed by atoms with E-state index < -0.39 is 0 Å². The quantitative estimate of drug-likeness (QED) is 0.780. The Morgan fingerprint density at radius 1 is 1.33 bits per heavy atom. The Morgan fingerprint density at radius 2 is 2.11 bits per heavy atom. The molecule has 0 fully saturated rings. The van der Waals surface area contributed by atoms with Crippen molar-refractivity contribution in [3.63, 3.8) is 0 Å². The second-order valence-electron chi connectivity index (χ2n) is 5.69. The minimum Gasteiger partial charge on any atom is -0.381 e. The van der Waals surface area contributed by atoms with Crippen LogP contribution in [0.4, 0.5) is 0 Å². The number of benzene rings is 1. The Kier molecular flexibility index (Phi) is 4.79. The van der Waals surface area contributed by atoms with Crippen LogP contribution in [-0.4, -0.2) is 20.3 Å². The van der Waals surface area contributed by atoms with Gasteiger partial charge in [-0.1, -0.05) is 38.1 Å². The zero-order valence-electron chi connectivity index (χ0n) is 11.8. The number of nitrogens with one attached hydrogen (secondary N) is 1. The topological polar surface area (TPSA) is 21.3 Å². The van der Waals surface area contributed by atoms with E-state index >= 15 is 0 Å². The maximum atomic E-state index is 5.72. The summed E-state index contributed by atoms with van der Waals surface area (Å²) in [7, 11) is 2.06. The highest BCUT2D eigenvalue weighted by atomic mass is 16.5. The lowest BCUT2D eigenvalue weighted by atomic mass is 9.97. The standard InChI is InChI=1S/C16H25NO/c1-12(2)11-18-9-8-14-10-13-6-4-5-7-15(13)16(14)17-3/h4-7,12,14,16-17H,8-11H2,1-3H3. The molecular weight excluding hydrogens is 222 g/mol. The van der Waals surface area contributed by atoms with Gasteiger partial charge in [0.2, 0.25) is 0 Å². The molecule has 0 radical (unpaired) electrons. The van der Waals surface area contributed by atoms with Gasteiger partial charge in [0.1, 0.15) is 0 Å². The molecule has 0 saturated heterocycles. The molecule has 2 nitrogen and oxygen atoms in total. The predicted molar refractivity (Wildman–Crippen MR) is 75.7 cm³/mol. The molecular formula is C16H25NO. The van der Waals surface area contributed by atoms with Crippen molar-refractivity contribution in [2.24, 2.45) is 11.8 Å². The fraction of sp³-hybridized carbons (Fsp3) is 0.625. The Labute approximate surface area is 111 Å². The van der Waals surface area contributed by atoms with E-state index in [9.17, 15) is 0 Å². The zero-order chi connectivity index (χ0) is 13.0. The van der Waals surface area contributed by atoms with Crippen molar-refractivity contribution in [3.8, 4) is 0 Å². The first-order valence-corrected chi connectivity index (χ1v) is 7.05. The summed E-state index contributed by atoms with van der Waals surface area (Å²) in [5.41, 5.74) is 2.99. The van der Waals surface area contributed by atoms with Gasteiger partial charge in [-0.3, -0.25) is 0 Å². The lowest BCUT2D eigenvalue weighted by molar-refractivity contribution is 0.0948. The monoisotopic (exact) mass is 247 g/mol. The van der Waals surface area contributed by atoms with E-state index in [-0.39, 0.29) is 0 Å². The smallest absolute Gasteiger partial charge is 0.0488 e. The molecule has 0 bridgehead atoms. The van der Waals surface area contributed by atoms with Crippen LogP contribution < -0.4 is 5.32 Å². The summed E-state index contributed by atoms with van der Waals surface area (Å²) < 4.78 is 5.72. The summed E-state index contributed by atoms with van der Waals surface area (Å²) >= 11 is 0. The van der Waals surface area contributed by atoms with E-state index in [2.05, 4.69) is 50.5 Å². The van der Waals surface area contributed by atoms with Gasteiger partial charge in [-0.05, 0) is 42.9 Å². The number of rotatable bonds is 6. The lowest BCUT2D eigenvalue weighted by Crippen LogP contribution is -2.22. The molecule has 1 N–H and O–H groups in total. The predicted octanol–water partition coefficient (Wildman–Crippen LogP) is 3.18. The molecule has 100 valence electrons. The fourth-order valence-corrected chi connectivity index (χ4v) is 2.89. The third-order valence-electron chi connectivity index (χ3n) is 3.74. The van der Waals surface area contributed by atoms with E-state index in [1.807, 2.05) is 0 Å². The second-order valence-corrected chi connectivity index (χ2v) is 5.69. The first kappa shape index (κ1) is 13.6. The highest BCUT2D eigenvalue weighted by Gasteiger charge is 2.30. The largest absolute Gasteiger partial charge is 0.381 e. The van der Waals surface area contributed by atoms with Gasteiger partial charge >= 0.3 is 0 Å². The van der Waals surface area contributed by atoms with Crippen molar-refractivity contribution in [3.05, 3.63) is 35.4 Å². The van der Waals surface area contributed by atoms with E-state index in [0.717, 1.165) is 19.6 Å². The minimum atomic E-state index is 0.504. The van der Waals surface area contributed by atoms with Crippen LogP contribution >= 0.6 is 0 Å². The van der Waals surface area contributed by atoms with Crippen molar-refractivity contribution in [1.29, 1.82) is 0 Å². The molecule has 0 spiro atoms. The molecule has 0 heterocycles. The van der Waals surface area contributed by atoms with Crippen LogP contribution in [0.3, 0.4) is 0 Å². The van der Waals surface area contributed by atoms with Crippen LogP contribution in [-0.2, 0) is 11.2 Å². The van der Waals surface area contributed by atoms with Crippen molar-refractivity contribution in [2.75, 3.05) is 20.3 Å². The first-order valence-electron chi connectivity index (χ1n) is 7.05. The van der Waals surface area contributed by atoms with E-state index in [4.69, 9.17) is 4.74 Å². The highest BCUT2D eigenvalue weighted by Crippen LogP contribution is 2.37. The summed E-state index contributed by atoms with van der Waals surface area (Å²) in [6, 6.07) is 9.30. The second kappa shape index (κ2) is 6.35. The Balaban J connectivity index is 1.88. The van der Waals surface area contributed by atoms with E-state index in [1.165, 1.54) is 17.5 Å². The average Bonchev–Trinajstić information content (AvgIpc) is 2.71. The van der Waals surface area contributed by atoms with Gasteiger partial charge in [-0.25, -0.2) is 0 Å². The van der Waals surface area contributed by atoms with Gasteiger partial charge in [0, 0.05) is 19.3 Å². The van der Waals surface area contributed by atoms with Crippen LogP contribution in [0.15, 0.2) is 24.3 Å². The molecule has 18 heavy (non-hydrogen) atoms. The summed E-state index contributed by atoms with van der Waals surface area (Å²) in [6.45, 7) is 6.16. The summed E-state index contributed by atoms with van der Waals surface area (Å²) in [6.07, 6.45) is 2.33. The van der Waals surface area contributed by atoms with Crippen LogP contribution in [0.2, 0.25) is 0 Å². The number of fused-ring (bicyclic) bond motifs is 1. The van der Waals surface area contributed by atoms with Crippen LogP contribution in [0, 0.1) is 11.8 Å². The Morgan fingerprint density at radius 3 is 2.83 bits per heavy atom. The maximum Gasteiger partial charge on any atom is 0.0488 e. The Bertz CT molecular complexity index is 375. The van der Waals surface area contributed by atoms with Crippen molar-refractivity contribution in [1.82, 2.24) is 5.32 Å². The van der Waals surface area contributed by atoms with Gasteiger partial charge in [-0.15, -0.1) is 0 Å². The van der Waals surface area contributed by atoms with Crippen LogP contribution in [0.5, 0.6) is 0 Å². The van der Waals surface area contributed by atoms with Gasteiger partial charge in [-0.2, -0.15) is 0 Å². The van der Waals surface area contributed by atoms with Gasteiger partial charge < -0.3 is 10.1 Å². The molecule has 0 aromatic heterocycles. The summed E-state index contributed by atoms with van der Waals surface area (Å²) in [5, 5.41) is 3.46. The molecule has 2 rings (SSSR count). The third kappa shape index (κ3) is 3.12. The highest BCUT2D eigenvalue weighted by molar-refractivity contribution is 5.35. The molecule has 1 aromatic carbocycles. The first-order chi connectivity index (χ1) is 8.72. The van der Waals surface area contributed by atoms with Crippen LogP contribution in [0.1, 0.15) is 37.4 Å². The zero-order valence-corrected chi connectivity index (χ0v) is 11.8.